The number of aromatic hydroxyl groups is 1. The van der Waals surface area contributed by atoms with Gasteiger partial charge in [0, 0.05) is 21.0 Å². The molecule has 4 rings (SSSR count). The Morgan fingerprint density at radius 2 is 1.58 bits per heavy atom. The summed E-state index contributed by atoms with van der Waals surface area (Å²) in [7, 11) is 6.32. The highest BCUT2D eigenvalue weighted by molar-refractivity contribution is 9.10. The Hall–Kier alpha value is -3.76. The predicted octanol–water partition coefficient (Wildman–Crippen LogP) is 5.83. The first-order chi connectivity index (χ1) is 17.5. The van der Waals surface area contributed by atoms with Gasteiger partial charge >= 0.3 is 0 Å². The first-order valence-electron chi connectivity index (χ1n) is 10.7. The van der Waals surface area contributed by atoms with Gasteiger partial charge in [0.1, 0.15) is 11.5 Å². The second-order valence-electron chi connectivity index (χ2n) is 7.39. The van der Waals surface area contributed by atoms with Crippen LogP contribution in [0, 0.1) is 0 Å². The summed E-state index contributed by atoms with van der Waals surface area (Å²) in [6.07, 6.45) is 1.58. The highest BCUT2D eigenvalue weighted by Crippen LogP contribution is 2.41. The number of aromatic nitrogens is 1. The van der Waals surface area contributed by atoms with Crippen LogP contribution in [-0.2, 0) is 0 Å². The maximum Gasteiger partial charge on any atom is 0.211 e. The lowest BCUT2D eigenvalue weighted by Gasteiger charge is -2.14. The molecule has 0 bridgehead atoms. The van der Waals surface area contributed by atoms with Crippen molar-refractivity contribution in [2.75, 3.05) is 28.4 Å². The average molecular weight is 570 g/mol. The van der Waals surface area contributed by atoms with Crippen LogP contribution in [0.4, 0.5) is 5.69 Å². The van der Waals surface area contributed by atoms with Gasteiger partial charge in [0.05, 0.1) is 46.0 Å². The molecule has 0 fully saturated rings. The molecule has 3 aromatic carbocycles. The van der Waals surface area contributed by atoms with E-state index in [4.69, 9.17) is 23.9 Å². The molecule has 0 aliphatic carbocycles. The SMILES string of the molecule is COc1ccc(N=c2scc(-c3cc(OC)c(OC)c(OC)c3)n2N=Cc2cc(Br)ccc2O)cc1. The topological polar surface area (TPSA) is 86.8 Å². The minimum Gasteiger partial charge on any atom is -0.507 e. The van der Waals surface area contributed by atoms with Crippen molar-refractivity contribution < 1.29 is 24.1 Å². The fraction of sp³-hybridized carbons (Fsp3) is 0.154. The van der Waals surface area contributed by atoms with Gasteiger partial charge in [-0.3, -0.25) is 0 Å². The molecule has 0 atom stereocenters. The van der Waals surface area contributed by atoms with E-state index >= 15 is 0 Å². The minimum absolute atomic E-state index is 0.112. The number of phenols is 1. The molecule has 0 saturated carbocycles. The highest BCUT2D eigenvalue weighted by atomic mass is 79.9. The summed E-state index contributed by atoms with van der Waals surface area (Å²) in [6, 6.07) is 16.3. The lowest BCUT2D eigenvalue weighted by atomic mass is 10.1. The number of hydrogen-bond donors (Lipinski definition) is 1. The second-order valence-corrected chi connectivity index (χ2v) is 9.14. The lowest BCUT2D eigenvalue weighted by molar-refractivity contribution is 0.324. The average Bonchev–Trinajstić information content (AvgIpc) is 3.30. The highest BCUT2D eigenvalue weighted by Gasteiger charge is 2.17. The number of nitrogens with zero attached hydrogens (tertiary/aromatic N) is 3. The molecule has 36 heavy (non-hydrogen) atoms. The molecule has 1 N–H and O–H groups in total. The molecule has 0 aliphatic heterocycles. The van der Waals surface area contributed by atoms with Crippen molar-refractivity contribution in [3.8, 4) is 40.0 Å². The van der Waals surface area contributed by atoms with E-state index in [-0.39, 0.29) is 5.75 Å². The molecular formula is C26H24BrN3O5S. The number of methoxy groups -OCH3 is 4. The van der Waals surface area contributed by atoms with Crippen LogP contribution < -0.4 is 23.7 Å². The van der Waals surface area contributed by atoms with Gasteiger partial charge in [-0.05, 0) is 54.6 Å². The zero-order valence-electron chi connectivity index (χ0n) is 20.1. The van der Waals surface area contributed by atoms with Crippen LogP contribution >= 0.6 is 27.3 Å². The summed E-state index contributed by atoms with van der Waals surface area (Å²) >= 11 is 4.86. The molecule has 0 saturated heterocycles. The molecule has 0 aliphatic rings. The van der Waals surface area contributed by atoms with Gasteiger partial charge in [-0.25, -0.2) is 9.67 Å². The van der Waals surface area contributed by atoms with Crippen LogP contribution in [0.1, 0.15) is 5.56 Å². The first kappa shape index (κ1) is 25.3. The van der Waals surface area contributed by atoms with Crippen molar-refractivity contribution in [3.05, 3.63) is 74.8 Å². The third kappa shape index (κ3) is 5.39. The van der Waals surface area contributed by atoms with Crippen LogP contribution in [0.3, 0.4) is 0 Å². The monoisotopic (exact) mass is 569 g/mol. The number of halogens is 1. The molecule has 186 valence electrons. The van der Waals surface area contributed by atoms with Crippen molar-refractivity contribution in [1.82, 2.24) is 4.68 Å². The zero-order chi connectivity index (χ0) is 25.7. The normalized spacial score (nSPS) is 11.6. The Kier molecular flexibility index (Phi) is 7.97. The molecule has 0 radical (unpaired) electrons. The van der Waals surface area contributed by atoms with Gasteiger partial charge in [0.2, 0.25) is 10.6 Å². The van der Waals surface area contributed by atoms with Crippen molar-refractivity contribution >= 4 is 39.2 Å². The van der Waals surface area contributed by atoms with Gasteiger partial charge < -0.3 is 24.1 Å². The van der Waals surface area contributed by atoms with E-state index in [9.17, 15) is 5.11 Å². The summed E-state index contributed by atoms with van der Waals surface area (Å²) in [5.41, 5.74) is 2.82. The summed E-state index contributed by atoms with van der Waals surface area (Å²) < 4.78 is 24.3. The summed E-state index contributed by atoms with van der Waals surface area (Å²) in [4.78, 5) is 5.41. The number of phenolic OH excluding ortho intramolecular Hbond substituents is 1. The molecular weight excluding hydrogens is 546 g/mol. The van der Waals surface area contributed by atoms with Crippen LogP contribution in [0.5, 0.6) is 28.7 Å². The Labute approximate surface area is 220 Å². The van der Waals surface area contributed by atoms with E-state index in [0.717, 1.165) is 27.2 Å². The van der Waals surface area contributed by atoms with Crippen LogP contribution in [-0.4, -0.2) is 44.4 Å². The Morgan fingerprint density at radius 3 is 2.19 bits per heavy atom. The molecule has 0 amide bonds. The molecule has 0 unspecified atom stereocenters. The third-order valence-corrected chi connectivity index (χ3v) is 6.55. The van der Waals surface area contributed by atoms with Gasteiger partial charge in [0.15, 0.2) is 11.5 Å². The second kappa shape index (κ2) is 11.3. The van der Waals surface area contributed by atoms with Crippen LogP contribution in [0.15, 0.2) is 74.5 Å². The van der Waals surface area contributed by atoms with E-state index in [1.807, 2.05) is 41.8 Å². The number of benzene rings is 3. The van der Waals surface area contributed by atoms with Crippen LogP contribution in [0.25, 0.3) is 11.3 Å². The lowest BCUT2D eigenvalue weighted by Crippen LogP contribution is -2.11. The summed E-state index contributed by atoms with van der Waals surface area (Å²) in [5.74, 6) is 2.39. The molecule has 1 heterocycles. The smallest absolute Gasteiger partial charge is 0.211 e. The predicted molar refractivity (Wildman–Crippen MR) is 144 cm³/mol. The van der Waals surface area contributed by atoms with E-state index in [2.05, 4.69) is 21.0 Å². The largest absolute Gasteiger partial charge is 0.507 e. The van der Waals surface area contributed by atoms with Gasteiger partial charge in [-0.2, -0.15) is 5.10 Å². The van der Waals surface area contributed by atoms with Crippen molar-refractivity contribution in [2.45, 2.75) is 0 Å². The van der Waals surface area contributed by atoms with Crippen LogP contribution in [0.2, 0.25) is 0 Å². The molecule has 0 spiro atoms. The molecule has 10 heteroatoms. The summed E-state index contributed by atoms with van der Waals surface area (Å²) in [6.45, 7) is 0. The maximum absolute atomic E-state index is 10.3. The van der Waals surface area contributed by atoms with E-state index < -0.39 is 0 Å². The van der Waals surface area contributed by atoms with Gasteiger partial charge in [0.25, 0.3) is 0 Å². The van der Waals surface area contributed by atoms with Gasteiger partial charge in [-0.1, -0.05) is 15.9 Å². The van der Waals surface area contributed by atoms with Crippen molar-refractivity contribution in [2.24, 2.45) is 10.1 Å². The molecule has 8 nitrogen and oxygen atoms in total. The van der Waals surface area contributed by atoms with E-state index in [0.29, 0.717) is 27.6 Å². The Bertz CT molecular complexity index is 1440. The van der Waals surface area contributed by atoms with Crippen molar-refractivity contribution in [1.29, 1.82) is 0 Å². The first-order valence-corrected chi connectivity index (χ1v) is 12.4. The van der Waals surface area contributed by atoms with Crippen molar-refractivity contribution in [3.63, 3.8) is 0 Å². The van der Waals surface area contributed by atoms with E-state index in [1.54, 1.807) is 57.5 Å². The fourth-order valence-electron chi connectivity index (χ4n) is 3.43. The number of thiazole rings is 1. The minimum atomic E-state index is 0.112. The Morgan fingerprint density at radius 1 is 0.889 bits per heavy atom. The quantitative estimate of drug-likeness (QED) is 0.269. The molecule has 4 aromatic rings. The Balaban J connectivity index is 1.90. The standard InChI is InChI=1S/C26H24BrN3O5S/c1-32-20-8-6-19(7-9-20)29-26-30(28-14-17-11-18(27)5-10-22(17)31)21(15-36-26)16-12-23(33-2)25(35-4)24(13-16)34-3/h5-15,31H,1-4H3. The third-order valence-electron chi connectivity index (χ3n) is 5.24. The number of ether oxygens (including phenoxy) is 4. The summed E-state index contributed by atoms with van der Waals surface area (Å²) in [5, 5.41) is 16.9. The maximum atomic E-state index is 10.3. The molecule has 1 aromatic heterocycles. The fourth-order valence-corrected chi connectivity index (χ4v) is 4.67. The number of rotatable bonds is 8. The van der Waals surface area contributed by atoms with E-state index in [1.165, 1.54) is 11.3 Å². The number of hydrogen-bond acceptors (Lipinski definition) is 8. The zero-order valence-corrected chi connectivity index (χ0v) is 22.5. The van der Waals surface area contributed by atoms with Gasteiger partial charge in [-0.15, -0.1) is 11.3 Å².